The molecule has 0 atom stereocenters. The second-order valence-corrected chi connectivity index (χ2v) is 8.70. The molecule has 0 bridgehead atoms. The Morgan fingerprint density at radius 2 is 1.83 bits per heavy atom. The summed E-state index contributed by atoms with van der Waals surface area (Å²) in [5, 5.41) is 4.09. The topological polar surface area (TPSA) is 42.0 Å². The second-order valence-electron chi connectivity index (χ2n) is 6.02. The van der Waals surface area contributed by atoms with Gasteiger partial charge in [0.2, 0.25) is 0 Å². The Kier molecular flexibility index (Phi) is 4.92. The van der Waals surface area contributed by atoms with Crippen LogP contribution < -0.4 is 5.32 Å². The van der Waals surface area contributed by atoms with Crippen molar-refractivity contribution >= 4 is 44.4 Å². The van der Waals surface area contributed by atoms with Gasteiger partial charge in [-0.1, -0.05) is 31.3 Å². The van der Waals surface area contributed by atoms with Gasteiger partial charge in [-0.25, -0.2) is 4.98 Å². The molecule has 1 amide bonds. The minimum atomic E-state index is -0.121. The van der Waals surface area contributed by atoms with Crippen molar-refractivity contribution in [1.82, 2.24) is 4.98 Å². The fourth-order valence-corrected chi connectivity index (χ4v) is 4.16. The molecule has 0 radical (unpaired) electrons. The summed E-state index contributed by atoms with van der Waals surface area (Å²) >= 11 is 3.29. The Labute approximate surface area is 150 Å². The van der Waals surface area contributed by atoms with Crippen molar-refractivity contribution in [2.45, 2.75) is 37.8 Å². The third-order valence-electron chi connectivity index (χ3n) is 3.79. The monoisotopic (exact) mass is 356 g/mol. The number of nitrogens with zero attached hydrogens (tertiary/aromatic N) is 1. The summed E-state index contributed by atoms with van der Waals surface area (Å²) in [5.41, 5.74) is 4.00. The van der Waals surface area contributed by atoms with E-state index in [9.17, 15) is 4.79 Å². The van der Waals surface area contributed by atoms with E-state index in [1.54, 1.807) is 11.8 Å². The molecule has 3 rings (SSSR count). The average molecular weight is 357 g/mol. The molecule has 0 spiro atoms. The second kappa shape index (κ2) is 6.95. The van der Waals surface area contributed by atoms with Gasteiger partial charge in [-0.15, -0.1) is 11.8 Å². The van der Waals surface area contributed by atoms with E-state index in [2.05, 4.69) is 50.1 Å². The lowest BCUT2D eigenvalue weighted by Crippen LogP contribution is -2.11. The number of benzene rings is 2. The maximum absolute atomic E-state index is 12.4. The molecule has 0 saturated heterocycles. The van der Waals surface area contributed by atoms with Crippen LogP contribution in [0.4, 0.5) is 5.13 Å². The normalized spacial score (nSPS) is 11.2. The molecular weight excluding hydrogens is 336 g/mol. The number of aromatic nitrogens is 1. The highest BCUT2D eigenvalue weighted by Crippen LogP contribution is 2.30. The number of thiazole rings is 1. The van der Waals surface area contributed by atoms with Gasteiger partial charge in [-0.3, -0.25) is 10.1 Å². The summed E-state index contributed by atoms with van der Waals surface area (Å²) in [6.07, 6.45) is 0. The molecule has 1 heterocycles. The Morgan fingerprint density at radius 1 is 1.12 bits per heavy atom. The van der Waals surface area contributed by atoms with Gasteiger partial charge in [0.1, 0.15) is 0 Å². The Bertz CT molecular complexity index is 882. The van der Waals surface area contributed by atoms with E-state index in [-0.39, 0.29) is 5.91 Å². The molecule has 124 valence electrons. The fraction of sp³-hybridized carbons (Fsp3) is 0.263. The number of hydrogen-bond acceptors (Lipinski definition) is 4. The third kappa shape index (κ3) is 3.62. The van der Waals surface area contributed by atoms with Crippen molar-refractivity contribution in [1.29, 1.82) is 0 Å². The maximum Gasteiger partial charge on any atom is 0.257 e. The molecule has 3 aromatic rings. The van der Waals surface area contributed by atoms with Crippen molar-refractivity contribution in [3.63, 3.8) is 0 Å². The van der Waals surface area contributed by atoms with Crippen LogP contribution in [0.25, 0.3) is 10.2 Å². The van der Waals surface area contributed by atoms with Crippen molar-refractivity contribution in [3.05, 3.63) is 53.1 Å². The summed E-state index contributed by atoms with van der Waals surface area (Å²) in [6.45, 7) is 8.45. The third-order valence-corrected chi connectivity index (χ3v) is 5.75. The fourth-order valence-electron chi connectivity index (χ4n) is 2.41. The van der Waals surface area contributed by atoms with Gasteiger partial charge in [0.05, 0.1) is 10.2 Å². The largest absolute Gasteiger partial charge is 0.298 e. The van der Waals surface area contributed by atoms with Crippen LogP contribution in [0.3, 0.4) is 0 Å². The Hall–Kier alpha value is -1.85. The molecule has 0 aliphatic rings. The van der Waals surface area contributed by atoms with E-state index >= 15 is 0 Å². The number of anilines is 1. The molecule has 0 saturated carbocycles. The molecule has 0 fully saturated rings. The number of hydrogen-bond donors (Lipinski definition) is 1. The van der Waals surface area contributed by atoms with E-state index in [0.717, 1.165) is 10.2 Å². The Morgan fingerprint density at radius 3 is 2.50 bits per heavy atom. The molecule has 1 N–H and O–H groups in total. The first-order valence-electron chi connectivity index (χ1n) is 7.89. The van der Waals surface area contributed by atoms with Crippen LogP contribution in [0.1, 0.15) is 35.3 Å². The van der Waals surface area contributed by atoms with Crippen LogP contribution in [0.15, 0.2) is 41.3 Å². The van der Waals surface area contributed by atoms with Crippen LogP contribution >= 0.6 is 23.1 Å². The zero-order chi connectivity index (χ0) is 17.3. The highest BCUT2D eigenvalue weighted by atomic mass is 32.2. The van der Waals surface area contributed by atoms with Crippen molar-refractivity contribution in [3.8, 4) is 0 Å². The van der Waals surface area contributed by atoms with E-state index < -0.39 is 0 Å². The summed E-state index contributed by atoms with van der Waals surface area (Å²) in [7, 11) is 0. The Balaban J connectivity index is 1.78. The molecule has 3 nitrogen and oxygen atoms in total. The molecule has 1 aromatic heterocycles. The van der Waals surface area contributed by atoms with Crippen molar-refractivity contribution in [2.24, 2.45) is 0 Å². The maximum atomic E-state index is 12.4. The van der Waals surface area contributed by atoms with E-state index in [1.165, 1.54) is 27.4 Å². The van der Waals surface area contributed by atoms with Gasteiger partial charge in [0.15, 0.2) is 5.13 Å². The van der Waals surface area contributed by atoms with Crippen molar-refractivity contribution in [2.75, 3.05) is 5.32 Å². The van der Waals surface area contributed by atoms with E-state index in [0.29, 0.717) is 15.9 Å². The zero-order valence-corrected chi connectivity index (χ0v) is 15.8. The van der Waals surface area contributed by atoms with Crippen LogP contribution in [0, 0.1) is 13.8 Å². The van der Waals surface area contributed by atoms with Gasteiger partial charge in [0.25, 0.3) is 5.91 Å². The molecular formula is C19H20N2OS2. The van der Waals surface area contributed by atoms with Gasteiger partial charge >= 0.3 is 0 Å². The van der Waals surface area contributed by atoms with Gasteiger partial charge in [-0.2, -0.15) is 0 Å². The highest BCUT2D eigenvalue weighted by molar-refractivity contribution is 7.99. The lowest BCUT2D eigenvalue weighted by molar-refractivity contribution is 0.102. The number of carbonyl (C=O) groups is 1. The first-order valence-corrected chi connectivity index (χ1v) is 9.58. The number of carbonyl (C=O) groups excluding carboxylic acids is 1. The lowest BCUT2D eigenvalue weighted by Gasteiger charge is -2.06. The van der Waals surface area contributed by atoms with E-state index in [1.807, 2.05) is 24.3 Å². The first-order chi connectivity index (χ1) is 11.4. The van der Waals surface area contributed by atoms with Gasteiger partial charge in [-0.05, 0) is 55.3 Å². The van der Waals surface area contributed by atoms with E-state index in [4.69, 9.17) is 0 Å². The number of rotatable bonds is 4. The molecule has 0 aliphatic carbocycles. The molecule has 24 heavy (non-hydrogen) atoms. The number of thioether (sulfide) groups is 1. The van der Waals surface area contributed by atoms with Crippen LogP contribution in [-0.2, 0) is 0 Å². The standard InChI is InChI=1S/C19H20N2OS2/c1-11(2)23-15-8-6-14(7-9-15)18(22)21-19-20-17-13(4)12(3)5-10-16(17)24-19/h5-11H,1-4H3,(H,20,21,22). The zero-order valence-electron chi connectivity index (χ0n) is 14.2. The molecule has 2 aromatic carbocycles. The van der Waals surface area contributed by atoms with Gasteiger partial charge < -0.3 is 0 Å². The number of aryl methyl sites for hydroxylation is 2. The van der Waals surface area contributed by atoms with Crippen LogP contribution in [0.2, 0.25) is 0 Å². The minimum absolute atomic E-state index is 0.121. The highest BCUT2D eigenvalue weighted by Gasteiger charge is 2.12. The molecule has 5 heteroatoms. The SMILES string of the molecule is Cc1ccc2sc(NC(=O)c3ccc(SC(C)C)cc3)nc2c1C. The number of fused-ring (bicyclic) bond motifs is 1. The first kappa shape index (κ1) is 17.0. The summed E-state index contributed by atoms with van der Waals surface area (Å²) in [6, 6.07) is 11.9. The molecule has 0 aliphatic heterocycles. The summed E-state index contributed by atoms with van der Waals surface area (Å²) in [5.74, 6) is -0.121. The predicted molar refractivity (Wildman–Crippen MR) is 104 cm³/mol. The van der Waals surface area contributed by atoms with Gasteiger partial charge in [0, 0.05) is 15.7 Å². The predicted octanol–water partition coefficient (Wildman–Crippen LogP) is 5.67. The smallest absolute Gasteiger partial charge is 0.257 e. The minimum Gasteiger partial charge on any atom is -0.298 e. The number of nitrogens with one attached hydrogen (secondary N) is 1. The average Bonchev–Trinajstić information content (AvgIpc) is 2.94. The quantitative estimate of drug-likeness (QED) is 0.613. The van der Waals surface area contributed by atoms with Crippen LogP contribution in [-0.4, -0.2) is 16.1 Å². The summed E-state index contributed by atoms with van der Waals surface area (Å²) < 4.78 is 1.09. The number of amides is 1. The van der Waals surface area contributed by atoms with Crippen LogP contribution in [0.5, 0.6) is 0 Å². The lowest BCUT2D eigenvalue weighted by atomic mass is 10.1. The van der Waals surface area contributed by atoms with Crippen molar-refractivity contribution < 1.29 is 4.79 Å². The molecule has 0 unspecified atom stereocenters. The summed E-state index contributed by atoms with van der Waals surface area (Å²) in [4.78, 5) is 18.2.